The molecule has 3 aromatic rings. The normalized spacial score (nSPS) is 10.3. The molecule has 0 heterocycles. The second-order valence-corrected chi connectivity index (χ2v) is 7.07. The van der Waals surface area contributed by atoms with Gasteiger partial charge < -0.3 is 15.4 Å². The number of hydrogen-bond acceptors (Lipinski definition) is 4. The summed E-state index contributed by atoms with van der Waals surface area (Å²) in [5, 5.41) is 5.57. The molecule has 29 heavy (non-hydrogen) atoms. The van der Waals surface area contributed by atoms with Gasteiger partial charge >= 0.3 is 0 Å². The molecule has 0 aliphatic heterocycles. The number of thioether (sulfide) groups is 1. The smallest absolute Gasteiger partial charge is 0.255 e. The highest BCUT2D eigenvalue weighted by atomic mass is 32.2. The van der Waals surface area contributed by atoms with Crippen molar-refractivity contribution in [2.75, 3.05) is 23.5 Å². The molecule has 0 aromatic heterocycles. The zero-order chi connectivity index (χ0) is 20.6. The number of nitrogens with one attached hydrogen (secondary N) is 2. The lowest BCUT2D eigenvalue weighted by molar-refractivity contribution is -0.113. The van der Waals surface area contributed by atoms with Crippen LogP contribution in [0.4, 0.5) is 15.8 Å². The lowest BCUT2D eigenvalue weighted by Crippen LogP contribution is -2.15. The average molecular weight is 410 g/mol. The maximum atomic E-state index is 12.9. The average Bonchev–Trinajstić information content (AvgIpc) is 2.74. The summed E-state index contributed by atoms with van der Waals surface area (Å²) < 4.78 is 18.1. The van der Waals surface area contributed by atoms with E-state index in [0.29, 0.717) is 22.7 Å². The van der Waals surface area contributed by atoms with E-state index in [9.17, 15) is 14.0 Å². The Kier molecular flexibility index (Phi) is 6.86. The molecule has 0 radical (unpaired) electrons. The topological polar surface area (TPSA) is 67.4 Å². The van der Waals surface area contributed by atoms with Gasteiger partial charge in [0.25, 0.3) is 5.91 Å². The first kappa shape index (κ1) is 20.4. The van der Waals surface area contributed by atoms with E-state index in [4.69, 9.17) is 4.74 Å². The van der Waals surface area contributed by atoms with Gasteiger partial charge in [0.15, 0.2) is 0 Å². The van der Waals surface area contributed by atoms with Crippen molar-refractivity contribution in [2.45, 2.75) is 4.90 Å². The molecule has 3 rings (SSSR count). The van der Waals surface area contributed by atoms with E-state index in [1.54, 1.807) is 54.6 Å². The van der Waals surface area contributed by atoms with Gasteiger partial charge in [-0.15, -0.1) is 11.8 Å². The molecule has 0 aliphatic rings. The van der Waals surface area contributed by atoms with E-state index in [1.807, 2.05) is 6.07 Å². The van der Waals surface area contributed by atoms with Crippen LogP contribution >= 0.6 is 11.8 Å². The van der Waals surface area contributed by atoms with Crippen LogP contribution in [0, 0.1) is 5.82 Å². The summed E-state index contributed by atoms with van der Waals surface area (Å²) in [5.74, 6) is -0.0106. The summed E-state index contributed by atoms with van der Waals surface area (Å²) in [6.07, 6.45) is 0. The van der Waals surface area contributed by atoms with Gasteiger partial charge in [-0.1, -0.05) is 12.1 Å². The molecular formula is C22H19FN2O3S. The van der Waals surface area contributed by atoms with E-state index >= 15 is 0 Å². The van der Waals surface area contributed by atoms with Crippen molar-refractivity contribution in [2.24, 2.45) is 0 Å². The quantitative estimate of drug-likeness (QED) is 0.548. The minimum atomic E-state index is -0.311. The third-order valence-electron chi connectivity index (χ3n) is 3.97. The zero-order valence-corrected chi connectivity index (χ0v) is 16.5. The van der Waals surface area contributed by atoms with Crippen molar-refractivity contribution in [1.82, 2.24) is 0 Å². The van der Waals surface area contributed by atoms with E-state index in [-0.39, 0.29) is 23.4 Å². The fraction of sp³-hybridized carbons (Fsp3) is 0.0909. The number of ether oxygens (including phenoxy) is 1. The number of carbonyl (C=O) groups is 2. The number of carbonyl (C=O) groups excluding carboxylic acids is 2. The number of amides is 2. The van der Waals surface area contributed by atoms with E-state index in [1.165, 1.54) is 31.0 Å². The molecule has 0 saturated heterocycles. The lowest BCUT2D eigenvalue weighted by Gasteiger charge is -2.10. The van der Waals surface area contributed by atoms with Crippen LogP contribution in [-0.2, 0) is 4.79 Å². The first-order chi connectivity index (χ1) is 14.0. The Morgan fingerprint density at radius 3 is 2.31 bits per heavy atom. The third kappa shape index (κ3) is 5.83. The minimum Gasteiger partial charge on any atom is -0.495 e. The Morgan fingerprint density at radius 1 is 0.931 bits per heavy atom. The van der Waals surface area contributed by atoms with Gasteiger partial charge in [-0.2, -0.15) is 0 Å². The van der Waals surface area contributed by atoms with Crippen LogP contribution in [0.1, 0.15) is 10.4 Å². The molecule has 3 aromatic carbocycles. The Balaban J connectivity index is 1.54. The maximum absolute atomic E-state index is 12.9. The van der Waals surface area contributed by atoms with Crippen LogP contribution in [-0.4, -0.2) is 24.7 Å². The standard InChI is InChI=1S/C22H19FN2O3S/c1-28-20-5-3-2-4-19(20)25-22(27)15-6-10-17(11-7-15)24-21(26)14-29-18-12-8-16(23)9-13-18/h2-13H,14H2,1H3,(H,24,26)(H,25,27). The lowest BCUT2D eigenvalue weighted by atomic mass is 10.2. The highest BCUT2D eigenvalue weighted by molar-refractivity contribution is 8.00. The van der Waals surface area contributed by atoms with E-state index in [2.05, 4.69) is 10.6 Å². The third-order valence-corrected chi connectivity index (χ3v) is 4.98. The van der Waals surface area contributed by atoms with Gasteiger partial charge in [-0.3, -0.25) is 9.59 Å². The van der Waals surface area contributed by atoms with Crippen LogP contribution in [0.15, 0.2) is 77.7 Å². The van der Waals surface area contributed by atoms with E-state index < -0.39 is 0 Å². The molecule has 0 saturated carbocycles. The van der Waals surface area contributed by atoms with Crippen molar-refractivity contribution < 1.29 is 18.7 Å². The van der Waals surface area contributed by atoms with Crippen LogP contribution in [0.2, 0.25) is 0 Å². The fourth-order valence-corrected chi connectivity index (χ4v) is 3.22. The highest BCUT2D eigenvalue weighted by Gasteiger charge is 2.10. The molecule has 0 fully saturated rings. The van der Waals surface area contributed by atoms with Gasteiger partial charge in [0, 0.05) is 16.1 Å². The predicted molar refractivity (Wildman–Crippen MR) is 113 cm³/mol. The summed E-state index contributed by atoms with van der Waals surface area (Å²) in [4.78, 5) is 25.3. The fourth-order valence-electron chi connectivity index (χ4n) is 2.52. The summed E-state index contributed by atoms with van der Waals surface area (Å²) in [6, 6.07) is 19.7. The number of rotatable bonds is 7. The molecule has 0 bridgehead atoms. The van der Waals surface area contributed by atoms with Crippen molar-refractivity contribution >= 4 is 35.0 Å². The molecule has 7 heteroatoms. The SMILES string of the molecule is COc1ccccc1NC(=O)c1ccc(NC(=O)CSc2ccc(F)cc2)cc1. The number of hydrogen-bond donors (Lipinski definition) is 2. The number of halogens is 1. The highest BCUT2D eigenvalue weighted by Crippen LogP contribution is 2.24. The summed E-state index contributed by atoms with van der Waals surface area (Å²) in [7, 11) is 1.54. The van der Waals surface area contributed by atoms with Crippen LogP contribution in [0.25, 0.3) is 0 Å². The maximum Gasteiger partial charge on any atom is 0.255 e. The summed E-state index contributed by atoms with van der Waals surface area (Å²) in [6.45, 7) is 0. The predicted octanol–water partition coefficient (Wildman–Crippen LogP) is 4.82. The number of para-hydroxylation sites is 2. The Bertz CT molecular complexity index is 992. The first-order valence-corrected chi connectivity index (χ1v) is 9.76. The summed E-state index contributed by atoms with van der Waals surface area (Å²) >= 11 is 1.31. The van der Waals surface area contributed by atoms with Gasteiger partial charge in [0.1, 0.15) is 11.6 Å². The van der Waals surface area contributed by atoms with Gasteiger partial charge in [-0.05, 0) is 60.7 Å². The van der Waals surface area contributed by atoms with Crippen LogP contribution in [0.3, 0.4) is 0 Å². The molecule has 5 nitrogen and oxygen atoms in total. The number of anilines is 2. The molecule has 148 valence electrons. The Morgan fingerprint density at radius 2 is 1.62 bits per heavy atom. The van der Waals surface area contributed by atoms with Crippen molar-refractivity contribution in [3.8, 4) is 5.75 Å². The molecule has 0 aliphatic carbocycles. The Labute approximate surface area is 172 Å². The molecule has 0 spiro atoms. The van der Waals surface area contributed by atoms with Crippen molar-refractivity contribution in [1.29, 1.82) is 0 Å². The van der Waals surface area contributed by atoms with Crippen LogP contribution in [0.5, 0.6) is 5.75 Å². The second-order valence-electron chi connectivity index (χ2n) is 6.02. The first-order valence-electron chi connectivity index (χ1n) is 8.78. The van der Waals surface area contributed by atoms with Gasteiger partial charge in [0.05, 0.1) is 18.6 Å². The minimum absolute atomic E-state index is 0.189. The molecule has 0 unspecified atom stereocenters. The van der Waals surface area contributed by atoms with Gasteiger partial charge in [-0.25, -0.2) is 4.39 Å². The monoisotopic (exact) mass is 410 g/mol. The number of benzene rings is 3. The van der Waals surface area contributed by atoms with Crippen molar-refractivity contribution in [3.63, 3.8) is 0 Å². The molecule has 2 amide bonds. The molecule has 0 atom stereocenters. The summed E-state index contributed by atoms with van der Waals surface area (Å²) in [5.41, 5.74) is 1.62. The zero-order valence-electron chi connectivity index (χ0n) is 15.6. The van der Waals surface area contributed by atoms with E-state index in [0.717, 1.165) is 4.90 Å². The van der Waals surface area contributed by atoms with Gasteiger partial charge in [0.2, 0.25) is 5.91 Å². The molecular weight excluding hydrogens is 391 g/mol. The second kappa shape index (κ2) is 9.75. The van der Waals surface area contributed by atoms with Crippen molar-refractivity contribution in [3.05, 3.63) is 84.2 Å². The molecule has 2 N–H and O–H groups in total. The van der Waals surface area contributed by atoms with Crippen LogP contribution < -0.4 is 15.4 Å². The Hall–Kier alpha value is -3.32. The largest absolute Gasteiger partial charge is 0.495 e. The number of methoxy groups -OCH3 is 1.